The predicted octanol–water partition coefficient (Wildman–Crippen LogP) is 1.78. The average molecular weight is 361 g/mol. The molecule has 1 heterocycles. The van der Waals surface area contributed by atoms with Crippen LogP contribution < -0.4 is 15.6 Å². The number of methoxy groups -OCH3 is 1. The zero-order valence-corrected chi connectivity index (χ0v) is 14.8. The maximum atomic E-state index is 12.0. The highest BCUT2D eigenvalue weighted by Gasteiger charge is 2.12. The molecule has 1 aromatic heterocycles. The van der Waals surface area contributed by atoms with E-state index in [0.717, 1.165) is 18.2 Å². The van der Waals surface area contributed by atoms with Gasteiger partial charge in [0, 0.05) is 17.3 Å². The molecule has 0 saturated heterocycles. The Morgan fingerprint density at radius 3 is 2.64 bits per heavy atom. The summed E-state index contributed by atoms with van der Waals surface area (Å²) in [7, 11) is 1.53. The van der Waals surface area contributed by atoms with Crippen molar-refractivity contribution in [2.75, 3.05) is 12.9 Å². The number of nitrogens with one attached hydrogen (secondary N) is 2. The normalized spacial score (nSPS) is 10.3. The minimum absolute atomic E-state index is 0.0274. The zero-order chi connectivity index (χ0) is 18.2. The lowest BCUT2D eigenvalue weighted by Gasteiger charge is -2.06. The van der Waals surface area contributed by atoms with Gasteiger partial charge in [0.05, 0.1) is 12.9 Å². The molecule has 132 valence electrons. The number of ether oxygens (including phenoxy) is 1. The van der Waals surface area contributed by atoms with E-state index in [0.29, 0.717) is 28.6 Å². The number of H-pyrrole nitrogens is 1. The van der Waals surface area contributed by atoms with Gasteiger partial charge < -0.3 is 9.72 Å². The molecule has 0 atom stereocenters. The second kappa shape index (κ2) is 9.03. The van der Waals surface area contributed by atoms with E-state index in [1.54, 1.807) is 24.3 Å². The maximum Gasteiger partial charge on any atom is 0.257 e. The Morgan fingerprint density at radius 1 is 1.28 bits per heavy atom. The van der Waals surface area contributed by atoms with E-state index in [1.165, 1.54) is 13.2 Å². The van der Waals surface area contributed by atoms with E-state index in [2.05, 4.69) is 15.3 Å². The van der Waals surface area contributed by atoms with E-state index in [4.69, 9.17) is 4.74 Å². The summed E-state index contributed by atoms with van der Waals surface area (Å²) in [5.74, 6) is -0.357. The first-order chi connectivity index (χ1) is 12.0. The summed E-state index contributed by atoms with van der Waals surface area (Å²) >= 11 is 1.08. The number of carbonyl (C=O) groups is 2. The SMILES string of the molecule is CCCc1cc(=O)[nH]c(SCC(=O)NC(=O)c2ccc(OC)cc2)n1. The van der Waals surface area contributed by atoms with Crippen LogP contribution in [-0.4, -0.2) is 34.6 Å². The van der Waals surface area contributed by atoms with Crippen LogP contribution in [0.5, 0.6) is 5.75 Å². The van der Waals surface area contributed by atoms with Crippen molar-refractivity contribution in [3.8, 4) is 5.75 Å². The smallest absolute Gasteiger partial charge is 0.257 e. The monoisotopic (exact) mass is 361 g/mol. The molecule has 2 N–H and O–H groups in total. The molecule has 25 heavy (non-hydrogen) atoms. The molecule has 2 amide bonds. The largest absolute Gasteiger partial charge is 0.497 e. The van der Waals surface area contributed by atoms with Crippen molar-refractivity contribution in [1.82, 2.24) is 15.3 Å². The molecule has 0 spiro atoms. The summed E-state index contributed by atoms with van der Waals surface area (Å²) in [4.78, 5) is 42.4. The van der Waals surface area contributed by atoms with E-state index in [-0.39, 0.29) is 11.3 Å². The Kier molecular flexibility index (Phi) is 6.76. The Hall–Kier alpha value is -2.61. The van der Waals surface area contributed by atoms with Gasteiger partial charge in [-0.15, -0.1) is 0 Å². The van der Waals surface area contributed by atoms with Crippen LogP contribution in [0.2, 0.25) is 0 Å². The van der Waals surface area contributed by atoms with Gasteiger partial charge in [-0.3, -0.25) is 19.7 Å². The molecule has 0 fully saturated rings. The topological polar surface area (TPSA) is 101 Å². The fourth-order valence-corrected chi connectivity index (χ4v) is 2.74. The number of hydrogen-bond acceptors (Lipinski definition) is 6. The number of benzene rings is 1. The molecule has 0 radical (unpaired) electrons. The molecule has 2 rings (SSSR count). The molecule has 2 aromatic rings. The number of hydrogen-bond donors (Lipinski definition) is 2. The van der Waals surface area contributed by atoms with Crippen LogP contribution in [0.1, 0.15) is 29.4 Å². The minimum atomic E-state index is -0.491. The van der Waals surface area contributed by atoms with Crippen LogP contribution in [0.3, 0.4) is 0 Å². The van der Waals surface area contributed by atoms with Crippen molar-refractivity contribution >= 4 is 23.6 Å². The van der Waals surface area contributed by atoms with Crippen molar-refractivity contribution in [2.24, 2.45) is 0 Å². The summed E-state index contributed by atoms with van der Waals surface area (Å²) in [6.07, 6.45) is 1.57. The Bertz CT molecular complexity index is 802. The van der Waals surface area contributed by atoms with E-state index in [1.807, 2.05) is 6.92 Å². The summed E-state index contributed by atoms with van der Waals surface area (Å²) in [6, 6.07) is 7.87. The van der Waals surface area contributed by atoms with Crippen LogP contribution in [-0.2, 0) is 11.2 Å². The van der Waals surface area contributed by atoms with Crippen LogP contribution in [0, 0.1) is 0 Å². The number of nitrogens with zero attached hydrogens (tertiary/aromatic N) is 1. The zero-order valence-electron chi connectivity index (χ0n) is 14.0. The molecule has 0 bridgehead atoms. The van der Waals surface area contributed by atoms with Crippen LogP contribution >= 0.6 is 11.8 Å². The third-order valence-corrected chi connectivity index (χ3v) is 4.10. The number of aromatic nitrogens is 2. The first kappa shape index (κ1) is 18.7. The third kappa shape index (κ3) is 5.75. The van der Waals surface area contributed by atoms with Gasteiger partial charge in [0.25, 0.3) is 11.5 Å². The number of amides is 2. The van der Waals surface area contributed by atoms with E-state index in [9.17, 15) is 14.4 Å². The number of carbonyl (C=O) groups excluding carboxylic acids is 2. The summed E-state index contributed by atoms with van der Waals surface area (Å²) in [5.41, 5.74) is 0.787. The van der Waals surface area contributed by atoms with Crippen molar-refractivity contribution in [2.45, 2.75) is 24.9 Å². The van der Waals surface area contributed by atoms with Gasteiger partial charge in [-0.05, 0) is 30.7 Å². The molecule has 0 saturated carbocycles. The quantitative estimate of drug-likeness (QED) is 0.576. The van der Waals surface area contributed by atoms with Crippen molar-refractivity contribution in [3.05, 3.63) is 51.9 Å². The lowest BCUT2D eigenvalue weighted by molar-refractivity contribution is -0.117. The molecule has 7 nitrogen and oxygen atoms in total. The first-order valence-electron chi connectivity index (χ1n) is 7.73. The van der Waals surface area contributed by atoms with Gasteiger partial charge in [0.1, 0.15) is 5.75 Å². The van der Waals surface area contributed by atoms with Crippen LogP contribution in [0.15, 0.2) is 40.3 Å². The number of rotatable bonds is 7. The molecule has 0 unspecified atom stereocenters. The van der Waals surface area contributed by atoms with Crippen molar-refractivity contribution < 1.29 is 14.3 Å². The Labute approximate surface area is 149 Å². The lowest BCUT2D eigenvalue weighted by atomic mass is 10.2. The number of imide groups is 1. The van der Waals surface area contributed by atoms with Gasteiger partial charge in [-0.2, -0.15) is 0 Å². The molecular weight excluding hydrogens is 342 g/mol. The third-order valence-electron chi connectivity index (χ3n) is 3.22. The molecule has 0 aliphatic carbocycles. The predicted molar refractivity (Wildman–Crippen MR) is 95.0 cm³/mol. The first-order valence-corrected chi connectivity index (χ1v) is 8.71. The van der Waals surface area contributed by atoms with Gasteiger partial charge in [0.15, 0.2) is 5.16 Å². The lowest BCUT2D eigenvalue weighted by Crippen LogP contribution is -2.31. The van der Waals surface area contributed by atoms with Gasteiger partial charge in [-0.25, -0.2) is 4.98 Å². The standard InChI is InChI=1S/C17H19N3O4S/c1-3-4-12-9-14(21)20-17(18-12)25-10-15(22)19-16(23)11-5-7-13(24-2)8-6-11/h5-9H,3-4,10H2,1-2H3,(H,18,20,21)(H,19,22,23). The molecule has 1 aromatic carbocycles. The second-order valence-corrected chi connectivity index (χ2v) is 6.15. The summed E-state index contributed by atoms with van der Waals surface area (Å²) < 4.78 is 5.02. The Balaban J connectivity index is 1.91. The van der Waals surface area contributed by atoms with Crippen molar-refractivity contribution in [1.29, 1.82) is 0 Å². The fraction of sp³-hybridized carbons (Fsp3) is 0.294. The summed E-state index contributed by atoms with van der Waals surface area (Å²) in [5, 5.41) is 2.66. The van der Waals surface area contributed by atoms with Crippen LogP contribution in [0.25, 0.3) is 0 Å². The van der Waals surface area contributed by atoms with Gasteiger partial charge >= 0.3 is 0 Å². The number of aryl methyl sites for hydroxylation is 1. The molecular formula is C17H19N3O4S. The van der Waals surface area contributed by atoms with E-state index >= 15 is 0 Å². The van der Waals surface area contributed by atoms with E-state index < -0.39 is 11.8 Å². The minimum Gasteiger partial charge on any atom is -0.497 e. The fourth-order valence-electron chi connectivity index (χ4n) is 2.05. The van der Waals surface area contributed by atoms with Crippen molar-refractivity contribution in [3.63, 3.8) is 0 Å². The molecule has 8 heteroatoms. The highest BCUT2D eigenvalue weighted by molar-refractivity contribution is 7.99. The molecule has 0 aliphatic rings. The summed E-state index contributed by atoms with van der Waals surface area (Å²) in [6.45, 7) is 1.99. The number of thioether (sulfide) groups is 1. The highest BCUT2D eigenvalue weighted by atomic mass is 32.2. The molecule has 0 aliphatic heterocycles. The second-order valence-electron chi connectivity index (χ2n) is 5.19. The highest BCUT2D eigenvalue weighted by Crippen LogP contribution is 2.13. The average Bonchev–Trinajstić information content (AvgIpc) is 2.60. The van der Waals surface area contributed by atoms with Gasteiger partial charge in [0.2, 0.25) is 5.91 Å². The van der Waals surface area contributed by atoms with Crippen LogP contribution in [0.4, 0.5) is 0 Å². The Morgan fingerprint density at radius 2 is 2.00 bits per heavy atom. The van der Waals surface area contributed by atoms with Gasteiger partial charge in [-0.1, -0.05) is 25.1 Å². The maximum absolute atomic E-state index is 12.0. The number of aromatic amines is 1.